The molecule has 0 atom stereocenters. The number of ether oxygens (including phenoxy) is 4. The number of nitrogens with zero attached hydrogens (tertiary/aromatic N) is 1. The molecule has 0 aliphatic rings. The molecule has 0 bridgehead atoms. The second-order valence-corrected chi connectivity index (χ2v) is 5.40. The first-order chi connectivity index (χ1) is 12.8. The molecule has 0 aromatic heterocycles. The van der Waals surface area contributed by atoms with Gasteiger partial charge in [0.05, 0.1) is 66.1 Å². The lowest BCUT2D eigenvalue weighted by atomic mass is 10.2. The molecule has 8 nitrogen and oxygen atoms in total. The Bertz CT molecular complexity index is 429. The molecular formula is C18H31NO7. The van der Waals surface area contributed by atoms with Crippen molar-refractivity contribution in [1.29, 1.82) is 0 Å². The number of aliphatic hydroxyl groups excluding tert-OH is 2. The van der Waals surface area contributed by atoms with Gasteiger partial charge in [-0.05, 0) is 12.1 Å². The van der Waals surface area contributed by atoms with Gasteiger partial charge >= 0.3 is 0 Å². The van der Waals surface area contributed by atoms with Gasteiger partial charge in [0.25, 0.3) is 0 Å². The highest BCUT2D eigenvalue weighted by Gasteiger charge is 2.07. The van der Waals surface area contributed by atoms with Crippen LogP contribution in [0.5, 0.6) is 5.75 Å². The van der Waals surface area contributed by atoms with Crippen LogP contribution in [0.1, 0.15) is 0 Å². The molecule has 1 aromatic rings. The van der Waals surface area contributed by atoms with Gasteiger partial charge in [-0.2, -0.15) is 0 Å². The van der Waals surface area contributed by atoms with Crippen molar-refractivity contribution in [1.82, 2.24) is 0 Å². The minimum Gasteiger partial charge on any atom is -0.508 e. The summed E-state index contributed by atoms with van der Waals surface area (Å²) in [7, 11) is 0. The summed E-state index contributed by atoms with van der Waals surface area (Å²) in [4.78, 5) is 2.07. The van der Waals surface area contributed by atoms with E-state index in [0.717, 1.165) is 5.69 Å². The van der Waals surface area contributed by atoms with Gasteiger partial charge in [0.1, 0.15) is 5.75 Å². The van der Waals surface area contributed by atoms with Crippen LogP contribution in [0, 0.1) is 0 Å². The van der Waals surface area contributed by atoms with E-state index in [4.69, 9.17) is 29.2 Å². The van der Waals surface area contributed by atoms with Crippen molar-refractivity contribution in [2.45, 2.75) is 0 Å². The Balaban J connectivity index is 2.30. The van der Waals surface area contributed by atoms with Gasteiger partial charge < -0.3 is 39.2 Å². The first-order valence-electron chi connectivity index (χ1n) is 8.84. The normalized spacial score (nSPS) is 11.0. The highest BCUT2D eigenvalue weighted by atomic mass is 16.5. The van der Waals surface area contributed by atoms with E-state index in [0.29, 0.717) is 65.9 Å². The Hall–Kier alpha value is -1.42. The topological polar surface area (TPSA) is 101 Å². The standard InChI is InChI=1S/C18H31NO7/c20-6-10-25-14-12-23-8-4-19(17-2-1-3-18(22)16-17)5-9-24-13-15-26-11-7-21/h1-3,16,20-22H,4-15H2. The van der Waals surface area contributed by atoms with E-state index in [-0.39, 0.29) is 19.0 Å². The molecule has 8 heteroatoms. The molecule has 0 fully saturated rings. The fourth-order valence-electron chi connectivity index (χ4n) is 2.18. The van der Waals surface area contributed by atoms with Crippen LogP contribution < -0.4 is 4.90 Å². The lowest BCUT2D eigenvalue weighted by Gasteiger charge is -2.25. The third-order valence-electron chi connectivity index (χ3n) is 3.42. The zero-order chi connectivity index (χ0) is 18.9. The molecule has 0 saturated carbocycles. The van der Waals surface area contributed by atoms with Crippen molar-refractivity contribution in [3.05, 3.63) is 24.3 Å². The van der Waals surface area contributed by atoms with Crippen LogP contribution in [0.25, 0.3) is 0 Å². The second-order valence-electron chi connectivity index (χ2n) is 5.40. The molecule has 1 rings (SSSR count). The summed E-state index contributed by atoms with van der Waals surface area (Å²) in [6.07, 6.45) is 0. The summed E-state index contributed by atoms with van der Waals surface area (Å²) in [5, 5.41) is 26.9. The van der Waals surface area contributed by atoms with E-state index < -0.39 is 0 Å². The summed E-state index contributed by atoms with van der Waals surface area (Å²) < 4.78 is 21.4. The molecule has 26 heavy (non-hydrogen) atoms. The lowest BCUT2D eigenvalue weighted by molar-refractivity contribution is 0.0316. The first kappa shape index (κ1) is 22.6. The molecule has 0 heterocycles. The molecule has 0 spiro atoms. The van der Waals surface area contributed by atoms with Crippen LogP contribution in [-0.4, -0.2) is 94.5 Å². The molecule has 0 saturated heterocycles. The Labute approximate surface area is 154 Å². The average molecular weight is 373 g/mol. The summed E-state index contributed by atoms with van der Waals surface area (Å²) in [6.45, 7) is 4.80. The van der Waals surface area contributed by atoms with E-state index in [2.05, 4.69) is 4.90 Å². The van der Waals surface area contributed by atoms with Crippen LogP contribution in [0.4, 0.5) is 5.69 Å². The lowest BCUT2D eigenvalue weighted by Crippen LogP contribution is -2.31. The average Bonchev–Trinajstić information content (AvgIpc) is 2.65. The van der Waals surface area contributed by atoms with Crippen LogP contribution in [0.2, 0.25) is 0 Å². The number of aliphatic hydroxyl groups is 2. The maximum Gasteiger partial charge on any atom is 0.117 e. The van der Waals surface area contributed by atoms with Gasteiger partial charge in [0.15, 0.2) is 0 Å². The van der Waals surface area contributed by atoms with Crippen molar-refractivity contribution in [2.75, 3.05) is 84.1 Å². The summed E-state index contributed by atoms with van der Waals surface area (Å²) in [5.74, 6) is 0.212. The molecule has 3 N–H and O–H groups in total. The highest BCUT2D eigenvalue weighted by Crippen LogP contribution is 2.19. The number of phenols is 1. The fourth-order valence-corrected chi connectivity index (χ4v) is 2.18. The predicted octanol–water partition coefficient (Wildman–Crippen LogP) is 0.250. The molecule has 0 radical (unpaired) electrons. The van der Waals surface area contributed by atoms with Crippen molar-refractivity contribution < 1.29 is 34.3 Å². The molecule has 0 aliphatic carbocycles. The van der Waals surface area contributed by atoms with Gasteiger partial charge in [-0.1, -0.05) is 6.07 Å². The van der Waals surface area contributed by atoms with Gasteiger partial charge in [-0.3, -0.25) is 0 Å². The van der Waals surface area contributed by atoms with E-state index in [1.165, 1.54) is 0 Å². The maximum atomic E-state index is 9.68. The quantitative estimate of drug-likeness (QED) is 0.334. The fraction of sp³-hybridized carbons (Fsp3) is 0.667. The van der Waals surface area contributed by atoms with Crippen LogP contribution >= 0.6 is 0 Å². The monoisotopic (exact) mass is 373 g/mol. The van der Waals surface area contributed by atoms with Crippen molar-refractivity contribution >= 4 is 5.69 Å². The number of hydrogen-bond acceptors (Lipinski definition) is 8. The zero-order valence-electron chi connectivity index (χ0n) is 15.2. The Morgan fingerprint density at radius 3 is 1.65 bits per heavy atom. The van der Waals surface area contributed by atoms with E-state index in [9.17, 15) is 5.11 Å². The van der Waals surface area contributed by atoms with Gasteiger partial charge in [-0.15, -0.1) is 0 Å². The number of rotatable bonds is 17. The van der Waals surface area contributed by atoms with Crippen molar-refractivity contribution in [2.24, 2.45) is 0 Å². The smallest absolute Gasteiger partial charge is 0.117 e. The molecular weight excluding hydrogens is 342 g/mol. The number of aromatic hydroxyl groups is 1. The van der Waals surface area contributed by atoms with Gasteiger partial charge in [0, 0.05) is 24.8 Å². The molecule has 0 unspecified atom stereocenters. The number of phenolic OH excluding ortho intramolecular Hbond substituents is 1. The SMILES string of the molecule is OCCOCCOCCN(CCOCCOCCO)c1cccc(O)c1. The number of hydrogen-bond donors (Lipinski definition) is 3. The number of anilines is 1. The summed E-state index contributed by atoms with van der Waals surface area (Å²) in [6, 6.07) is 7.06. The largest absolute Gasteiger partial charge is 0.508 e. The van der Waals surface area contributed by atoms with E-state index in [1.54, 1.807) is 18.2 Å². The Morgan fingerprint density at radius 2 is 1.19 bits per heavy atom. The Morgan fingerprint density at radius 1 is 0.692 bits per heavy atom. The predicted molar refractivity (Wildman–Crippen MR) is 97.8 cm³/mol. The number of benzene rings is 1. The zero-order valence-corrected chi connectivity index (χ0v) is 15.2. The van der Waals surface area contributed by atoms with Gasteiger partial charge in [0.2, 0.25) is 0 Å². The van der Waals surface area contributed by atoms with Crippen LogP contribution in [-0.2, 0) is 18.9 Å². The van der Waals surface area contributed by atoms with Crippen molar-refractivity contribution in [3.63, 3.8) is 0 Å². The molecule has 0 aliphatic heterocycles. The highest BCUT2D eigenvalue weighted by molar-refractivity contribution is 5.50. The molecule has 150 valence electrons. The Kier molecular flexibility index (Phi) is 13.8. The maximum absolute atomic E-state index is 9.68. The van der Waals surface area contributed by atoms with Crippen molar-refractivity contribution in [3.8, 4) is 5.75 Å². The third kappa shape index (κ3) is 11.2. The summed E-state index contributed by atoms with van der Waals surface area (Å²) >= 11 is 0. The van der Waals surface area contributed by atoms with Gasteiger partial charge in [-0.25, -0.2) is 0 Å². The molecule has 1 aromatic carbocycles. The van der Waals surface area contributed by atoms with E-state index >= 15 is 0 Å². The molecule has 0 amide bonds. The van der Waals surface area contributed by atoms with Crippen LogP contribution in [0.15, 0.2) is 24.3 Å². The van der Waals surface area contributed by atoms with E-state index in [1.807, 2.05) is 6.07 Å². The second kappa shape index (κ2) is 15.8. The first-order valence-corrected chi connectivity index (χ1v) is 8.84. The van der Waals surface area contributed by atoms with Crippen LogP contribution in [0.3, 0.4) is 0 Å². The minimum absolute atomic E-state index is 0.0102. The third-order valence-corrected chi connectivity index (χ3v) is 3.42. The summed E-state index contributed by atoms with van der Waals surface area (Å²) in [5.41, 5.74) is 0.894. The minimum atomic E-state index is 0.0102.